The first kappa shape index (κ1) is 37.8. The first-order chi connectivity index (χ1) is 33.2. The van der Waals surface area contributed by atoms with Gasteiger partial charge in [0.1, 0.15) is 0 Å². The number of thiophene rings is 1. The maximum atomic E-state index is 5.37. The van der Waals surface area contributed by atoms with Crippen molar-refractivity contribution >= 4 is 75.5 Å². The third kappa shape index (κ3) is 6.09. The molecule has 12 aromatic rings. The Morgan fingerprint density at radius 1 is 0.403 bits per heavy atom. The van der Waals surface area contributed by atoms with Crippen LogP contribution in [-0.4, -0.2) is 15.7 Å². The van der Waals surface area contributed by atoms with E-state index in [2.05, 4.69) is 212 Å². The molecule has 1 aliphatic heterocycles. The number of aliphatic imine (C=N–C) groups is 1. The van der Waals surface area contributed by atoms with Gasteiger partial charge in [-0.3, -0.25) is 9.98 Å². The monoisotopic (exact) mass is 870 g/mol. The average Bonchev–Trinajstić information content (AvgIpc) is 3.80. The highest BCUT2D eigenvalue weighted by atomic mass is 32.1. The van der Waals surface area contributed by atoms with E-state index >= 15 is 0 Å². The van der Waals surface area contributed by atoms with Crippen LogP contribution in [0.4, 0.5) is 0 Å². The highest BCUT2D eigenvalue weighted by Gasteiger charge is 2.32. The molecule has 10 aromatic carbocycles. The van der Waals surface area contributed by atoms with Crippen LogP contribution in [0.2, 0.25) is 0 Å². The molecule has 0 saturated heterocycles. The zero-order valence-corrected chi connectivity index (χ0v) is 36.9. The molecule has 0 fully saturated rings. The molecule has 312 valence electrons. The Bertz CT molecular complexity index is 4070. The second-order valence-corrected chi connectivity index (χ2v) is 18.6. The molecule has 1 atom stereocenters. The van der Waals surface area contributed by atoms with Crippen molar-refractivity contribution in [1.82, 2.24) is 15.3 Å². The zero-order valence-electron chi connectivity index (χ0n) is 36.1. The van der Waals surface area contributed by atoms with E-state index in [1.165, 1.54) is 64.3 Å². The molecule has 2 aliphatic rings. The summed E-state index contributed by atoms with van der Waals surface area (Å²) in [6.07, 6.45) is 3.94. The normalized spacial score (nSPS) is 14.1. The fraction of sp³-hybridized carbons (Fsp3) is 0.0161. The number of rotatable bonds is 5. The van der Waals surface area contributed by atoms with E-state index in [0.717, 1.165) is 72.3 Å². The quantitative estimate of drug-likeness (QED) is 0.175. The van der Waals surface area contributed by atoms with Crippen molar-refractivity contribution in [3.05, 3.63) is 235 Å². The number of nitrogens with one attached hydrogen (secondary N) is 1. The van der Waals surface area contributed by atoms with Crippen molar-refractivity contribution in [1.29, 1.82) is 0 Å². The van der Waals surface area contributed by atoms with Gasteiger partial charge in [0.15, 0.2) is 0 Å². The lowest BCUT2D eigenvalue weighted by Crippen LogP contribution is -2.33. The van der Waals surface area contributed by atoms with E-state index in [1.54, 1.807) is 0 Å². The summed E-state index contributed by atoms with van der Waals surface area (Å²) in [5.74, 6) is 0. The van der Waals surface area contributed by atoms with E-state index < -0.39 is 0 Å². The van der Waals surface area contributed by atoms with Gasteiger partial charge in [0.05, 0.1) is 46.6 Å². The van der Waals surface area contributed by atoms with Gasteiger partial charge in [-0.15, -0.1) is 11.3 Å². The van der Waals surface area contributed by atoms with Gasteiger partial charge in [0, 0.05) is 42.1 Å². The van der Waals surface area contributed by atoms with Crippen molar-refractivity contribution < 1.29 is 0 Å². The molecule has 0 bridgehead atoms. The first-order valence-corrected chi connectivity index (χ1v) is 23.6. The zero-order chi connectivity index (χ0) is 44.0. The Hall–Kier alpha value is -8.51. The van der Waals surface area contributed by atoms with Gasteiger partial charge in [-0.25, -0.2) is 4.98 Å². The predicted octanol–water partition coefficient (Wildman–Crippen LogP) is 16.1. The molecule has 4 nitrogen and oxygen atoms in total. The third-order valence-corrected chi connectivity index (χ3v) is 15.0. The Morgan fingerprint density at radius 2 is 0.955 bits per heavy atom. The molecule has 0 spiro atoms. The molecule has 1 unspecified atom stereocenters. The standard InChI is InChI=1S/C62H38N4S/c1-5-23-50-45(18-1)47-20-3-7-25-52(47)60-58(50)63-35-55(65-60)39-16-11-14-37(30-39)41-32-42(34-43(33-41)44-27-13-28-54-49-22-9-10-29-57(49)67-62(44)54)38-15-12-17-40(31-38)56-36-64-59-51-24-6-2-19-46(51)48-21-4-8-26-53(48)61(59)66-56/h1-36,60,65H. The van der Waals surface area contributed by atoms with Gasteiger partial charge in [-0.1, -0.05) is 170 Å². The van der Waals surface area contributed by atoms with Crippen molar-refractivity contribution in [2.45, 2.75) is 6.04 Å². The average molecular weight is 871 g/mol. The summed E-state index contributed by atoms with van der Waals surface area (Å²) in [4.78, 5) is 15.6. The molecule has 14 rings (SSSR count). The molecule has 0 radical (unpaired) electrons. The lowest BCUT2D eigenvalue weighted by Gasteiger charge is -2.33. The number of hydrogen-bond acceptors (Lipinski definition) is 5. The molecule has 0 amide bonds. The smallest absolute Gasteiger partial charge is 0.0979 e. The molecule has 5 heteroatoms. The van der Waals surface area contributed by atoms with Crippen molar-refractivity contribution in [3.63, 3.8) is 0 Å². The minimum atomic E-state index is -0.0517. The Balaban J connectivity index is 0.910. The van der Waals surface area contributed by atoms with Gasteiger partial charge in [0.2, 0.25) is 0 Å². The van der Waals surface area contributed by atoms with Crippen LogP contribution in [0, 0.1) is 0 Å². The Kier molecular flexibility index (Phi) is 8.48. The summed E-state index contributed by atoms with van der Waals surface area (Å²) < 4.78 is 2.59. The van der Waals surface area contributed by atoms with E-state index in [-0.39, 0.29) is 6.04 Å². The second kappa shape index (κ2) is 15.0. The van der Waals surface area contributed by atoms with Crippen LogP contribution in [0.25, 0.3) is 114 Å². The van der Waals surface area contributed by atoms with Gasteiger partial charge in [-0.05, 0) is 103 Å². The second-order valence-electron chi connectivity index (χ2n) is 17.6. The highest BCUT2D eigenvalue weighted by molar-refractivity contribution is 7.26. The topological polar surface area (TPSA) is 50.2 Å². The van der Waals surface area contributed by atoms with Crippen molar-refractivity contribution in [2.24, 2.45) is 4.99 Å². The van der Waals surface area contributed by atoms with E-state index in [4.69, 9.17) is 15.0 Å². The summed E-state index contributed by atoms with van der Waals surface area (Å²) in [6.45, 7) is 0. The molecule has 3 heterocycles. The van der Waals surface area contributed by atoms with Crippen LogP contribution in [0.1, 0.15) is 22.7 Å². The van der Waals surface area contributed by atoms with Crippen molar-refractivity contribution in [3.8, 4) is 55.8 Å². The fourth-order valence-corrected chi connectivity index (χ4v) is 11.8. The first-order valence-electron chi connectivity index (χ1n) is 22.8. The van der Waals surface area contributed by atoms with Crippen LogP contribution in [0.15, 0.2) is 224 Å². The minimum absolute atomic E-state index is 0.0517. The van der Waals surface area contributed by atoms with Crippen molar-refractivity contribution in [2.75, 3.05) is 0 Å². The minimum Gasteiger partial charge on any atom is -0.371 e. The number of benzene rings is 10. The van der Waals surface area contributed by atoms with Crippen LogP contribution in [0.5, 0.6) is 0 Å². The van der Waals surface area contributed by atoms with Gasteiger partial charge >= 0.3 is 0 Å². The van der Waals surface area contributed by atoms with Gasteiger partial charge < -0.3 is 5.32 Å². The Labute approximate surface area is 390 Å². The highest BCUT2D eigenvalue weighted by Crippen LogP contribution is 2.44. The summed E-state index contributed by atoms with van der Waals surface area (Å²) in [5.41, 5.74) is 18.7. The van der Waals surface area contributed by atoms with Crippen LogP contribution >= 0.6 is 11.3 Å². The lowest BCUT2D eigenvalue weighted by molar-refractivity contribution is 0.794. The largest absolute Gasteiger partial charge is 0.371 e. The van der Waals surface area contributed by atoms with Crippen LogP contribution in [0.3, 0.4) is 0 Å². The number of aromatic nitrogens is 2. The SMILES string of the molecule is C1=C(c2cccc(-c3cc(-c4cccc(-c5cnc6c7ccccc7c7ccccc7c6n5)c4)cc(-c4cccc5c4sc4ccccc45)c3)c2)NC2C(=N1)c1ccccc1-c1ccccc12. The molecule has 0 saturated carbocycles. The number of nitrogens with zero attached hydrogens (tertiary/aromatic N) is 3. The maximum Gasteiger partial charge on any atom is 0.0979 e. The molecule has 67 heavy (non-hydrogen) atoms. The molecule has 1 aliphatic carbocycles. The summed E-state index contributed by atoms with van der Waals surface area (Å²) in [6, 6.07) is 74.5. The molecule has 2 aromatic heterocycles. The molecule has 1 N–H and O–H groups in total. The number of fused-ring (bicyclic) bond motifs is 15. The summed E-state index contributed by atoms with van der Waals surface area (Å²) >= 11 is 1.87. The maximum absolute atomic E-state index is 5.37. The predicted molar refractivity (Wildman–Crippen MR) is 281 cm³/mol. The third-order valence-electron chi connectivity index (χ3n) is 13.7. The summed E-state index contributed by atoms with van der Waals surface area (Å²) in [5, 5.41) is 11.1. The Morgan fingerprint density at radius 3 is 1.75 bits per heavy atom. The summed E-state index contributed by atoms with van der Waals surface area (Å²) in [7, 11) is 0. The van der Waals surface area contributed by atoms with E-state index in [9.17, 15) is 0 Å². The number of hydrogen-bond donors (Lipinski definition) is 1. The molecular weight excluding hydrogens is 833 g/mol. The molecular formula is C62H38N4S. The van der Waals surface area contributed by atoms with E-state index in [1.807, 2.05) is 23.7 Å². The fourth-order valence-electron chi connectivity index (χ4n) is 10.6. The van der Waals surface area contributed by atoms with Crippen LogP contribution < -0.4 is 5.32 Å². The van der Waals surface area contributed by atoms with Gasteiger partial charge in [-0.2, -0.15) is 0 Å². The van der Waals surface area contributed by atoms with Gasteiger partial charge in [0.25, 0.3) is 0 Å². The van der Waals surface area contributed by atoms with E-state index in [0.29, 0.717) is 0 Å². The lowest BCUT2D eigenvalue weighted by atomic mass is 9.80. The van der Waals surface area contributed by atoms with Crippen LogP contribution in [-0.2, 0) is 0 Å².